The van der Waals surface area contributed by atoms with Crippen LogP contribution >= 0.6 is 15.9 Å². The molecule has 0 aliphatic carbocycles. The first-order chi connectivity index (χ1) is 8.10. The zero-order valence-electron chi connectivity index (χ0n) is 11.0. The van der Waals surface area contributed by atoms with Gasteiger partial charge >= 0.3 is 0 Å². The van der Waals surface area contributed by atoms with Crippen LogP contribution in [0, 0.1) is 0 Å². The average Bonchev–Trinajstić information content (AvgIpc) is 2.29. The van der Waals surface area contributed by atoms with Gasteiger partial charge in [0.15, 0.2) is 0 Å². The molecule has 0 aromatic heterocycles. The number of hydrogen-bond acceptors (Lipinski definition) is 2. The molecule has 0 unspecified atom stereocenters. The van der Waals surface area contributed by atoms with Gasteiger partial charge in [-0.1, -0.05) is 35.3 Å². The molecular weight excluding hydrogens is 276 g/mol. The van der Waals surface area contributed by atoms with Crippen molar-refractivity contribution in [3.8, 4) is 0 Å². The van der Waals surface area contributed by atoms with Crippen molar-refractivity contribution in [1.82, 2.24) is 0 Å². The van der Waals surface area contributed by atoms with Crippen LogP contribution in [0.1, 0.15) is 45.2 Å². The highest BCUT2D eigenvalue weighted by molar-refractivity contribution is 9.10. The van der Waals surface area contributed by atoms with Gasteiger partial charge in [-0.05, 0) is 38.0 Å². The molecular formula is C14H23BrN2. The van der Waals surface area contributed by atoms with Crippen LogP contribution in [-0.2, 0) is 0 Å². The number of anilines is 1. The number of unbranched alkanes of at least 4 members (excludes halogenated alkanes) is 1. The van der Waals surface area contributed by atoms with Crippen LogP contribution in [0.15, 0.2) is 22.7 Å². The van der Waals surface area contributed by atoms with Crippen LogP contribution in [0.3, 0.4) is 0 Å². The van der Waals surface area contributed by atoms with Gasteiger partial charge < -0.3 is 10.6 Å². The second-order valence-electron chi connectivity index (χ2n) is 4.43. The van der Waals surface area contributed by atoms with E-state index in [1.165, 1.54) is 24.1 Å². The Balaban J connectivity index is 2.86. The standard InChI is InChI=1S/C14H23BrN2/c1-4-6-9-17(5-2)12-7-8-13(11(3)16)14(15)10-12/h7-8,10-11H,4-6,9,16H2,1-3H3/t11-/m1/s1. The third kappa shape index (κ3) is 4.00. The van der Waals surface area contributed by atoms with E-state index in [1.54, 1.807) is 0 Å². The molecule has 0 aliphatic rings. The lowest BCUT2D eigenvalue weighted by molar-refractivity contribution is 0.731. The highest BCUT2D eigenvalue weighted by atomic mass is 79.9. The molecule has 2 N–H and O–H groups in total. The molecule has 3 heteroatoms. The van der Waals surface area contributed by atoms with Gasteiger partial charge in [0.1, 0.15) is 0 Å². The molecule has 0 heterocycles. The maximum absolute atomic E-state index is 5.91. The van der Waals surface area contributed by atoms with Crippen molar-refractivity contribution in [3.05, 3.63) is 28.2 Å². The molecule has 0 amide bonds. The van der Waals surface area contributed by atoms with E-state index in [0.29, 0.717) is 0 Å². The minimum atomic E-state index is 0.0733. The fourth-order valence-electron chi connectivity index (χ4n) is 1.90. The first-order valence-corrected chi connectivity index (χ1v) is 7.19. The average molecular weight is 299 g/mol. The molecule has 1 aromatic rings. The Morgan fingerprint density at radius 2 is 2.06 bits per heavy atom. The van der Waals surface area contributed by atoms with Crippen molar-refractivity contribution in [2.75, 3.05) is 18.0 Å². The van der Waals surface area contributed by atoms with E-state index in [0.717, 1.165) is 17.6 Å². The van der Waals surface area contributed by atoms with Crippen molar-refractivity contribution in [1.29, 1.82) is 0 Å². The molecule has 17 heavy (non-hydrogen) atoms. The number of benzene rings is 1. The van der Waals surface area contributed by atoms with E-state index in [1.807, 2.05) is 6.92 Å². The van der Waals surface area contributed by atoms with E-state index in [-0.39, 0.29) is 6.04 Å². The summed E-state index contributed by atoms with van der Waals surface area (Å²) in [5, 5.41) is 0. The van der Waals surface area contributed by atoms with Gasteiger partial charge in [-0.3, -0.25) is 0 Å². The minimum absolute atomic E-state index is 0.0733. The van der Waals surface area contributed by atoms with Gasteiger partial charge in [-0.25, -0.2) is 0 Å². The topological polar surface area (TPSA) is 29.3 Å². The molecule has 0 spiro atoms. The summed E-state index contributed by atoms with van der Waals surface area (Å²) < 4.78 is 1.11. The predicted octanol–water partition coefficient (Wildman–Crippen LogP) is 4.10. The van der Waals surface area contributed by atoms with E-state index in [2.05, 4.69) is 52.9 Å². The molecule has 1 aromatic carbocycles. The van der Waals surface area contributed by atoms with Crippen molar-refractivity contribution < 1.29 is 0 Å². The zero-order chi connectivity index (χ0) is 12.8. The monoisotopic (exact) mass is 298 g/mol. The Morgan fingerprint density at radius 3 is 2.53 bits per heavy atom. The Hall–Kier alpha value is -0.540. The van der Waals surface area contributed by atoms with Crippen LogP contribution in [0.2, 0.25) is 0 Å². The summed E-state index contributed by atoms with van der Waals surface area (Å²) in [4.78, 5) is 2.40. The van der Waals surface area contributed by atoms with Crippen molar-refractivity contribution >= 4 is 21.6 Å². The van der Waals surface area contributed by atoms with E-state index in [9.17, 15) is 0 Å². The van der Waals surface area contributed by atoms with Crippen LogP contribution in [0.4, 0.5) is 5.69 Å². The number of nitrogens with two attached hydrogens (primary N) is 1. The number of rotatable bonds is 6. The summed E-state index contributed by atoms with van der Waals surface area (Å²) in [5.41, 5.74) is 8.35. The van der Waals surface area contributed by atoms with Gasteiger partial charge in [0, 0.05) is 29.3 Å². The second-order valence-corrected chi connectivity index (χ2v) is 5.28. The molecule has 96 valence electrons. The first-order valence-electron chi connectivity index (χ1n) is 6.40. The van der Waals surface area contributed by atoms with Gasteiger partial charge in [0.25, 0.3) is 0 Å². The molecule has 0 saturated carbocycles. The molecule has 0 saturated heterocycles. The summed E-state index contributed by atoms with van der Waals surface area (Å²) >= 11 is 3.61. The largest absolute Gasteiger partial charge is 0.372 e. The Bertz CT molecular complexity index is 350. The maximum Gasteiger partial charge on any atom is 0.0377 e. The summed E-state index contributed by atoms with van der Waals surface area (Å²) in [6.45, 7) is 8.60. The minimum Gasteiger partial charge on any atom is -0.372 e. The third-order valence-corrected chi connectivity index (χ3v) is 3.69. The molecule has 0 bridgehead atoms. The third-order valence-electron chi connectivity index (χ3n) is 3.00. The molecule has 2 nitrogen and oxygen atoms in total. The van der Waals surface area contributed by atoms with Crippen molar-refractivity contribution in [2.24, 2.45) is 5.73 Å². The molecule has 1 rings (SSSR count). The molecule has 0 radical (unpaired) electrons. The van der Waals surface area contributed by atoms with Gasteiger partial charge in [0.2, 0.25) is 0 Å². The summed E-state index contributed by atoms with van der Waals surface area (Å²) in [7, 11) is 0. The van der Waals surface area contributed by atoms with Crippen LogP contribution in [-0.4, -0.2) is 13.1 Å². The van der Waals surface area contributed by atoms with Crippen LogP contribution < -0.4 is 10.6 Å². The number of hydrogen-bond donors (Lipinski definition) is 1. The highest BCUT2D eigenvalue weighted by Crippen LogP contribution is 2.27. The second kappa shape index (κ2) is 7.02. The lowest BCUT2D eigenvalue weighted by atomic mass is 10.1. The molecule has 0 fully saturated rings. The Morgan fingerprint density at radius 1 is 1.35 bits per heavy atom. The summed E-state index contributed by atoms with van der Waals surface area (Å²) in [6, 6.07) is 6.54. The first kappa shape index (κ1) is 14.5. The van der Waals surface area contributed by atoms with Crippen molar-refractivity contribution in [2.45, 2.75) is 39.7 Å². The van der Waals surface area contributed by atoms with Crippen LogP contribution in [0.5, 0.6) is 0 Å². The lowest BCUT2D eigenvalue weighted by Crippen LogP contribution is -2.23. The molecule has 1 atom stereocenters. The number of halogens is 1. The smallest absolute Gasteiger partial charge is 0.0377 e. The predicted molar refractivity (Wildman–Crippen MR) is 79.5 cm³/mol. The van der Waals surface area contributed by atoms with Gasteiger partial charge in [0.05, 0.1) is 0 Å². The van der Waals surface area contributed by atoms with Gasteiger partial charge in [-0.15, -0.1) is 0 Å². The van der Waals surface area contributed by atoms with Crippen molar-refractivity contribution in [3.63, 3.8) is 0 Å². The van der Waals surface area contributed by atoms with E-state index in [4.69, 9.17) is 5.73 Å². The number of nitrogens with zero attached hydrogens (tertiary/aromatic N) is 1. The van der Waals surface area contributed by atoms with Crippen LogP contribution in [0.25, 0.3) is 0 Å². The zero-order valence-corrected chi connectivity index (χ0v) is 12.6. The Labute approximate surface area is 113 Å². The summed E-state index contributed by atoms with van der Waals surface area (Å²) in [6.07, 6.45) is 2.47. The fourth-order valence-corrected chi connectivity index (χ4v) is 2.63. The maximum atomic E-state index is 5.91. The normalized spacial score (nSPS) is 12.5. The van der Waals surface area contributed by atoms with Gasteiger partial charge in [-0.2, -0.15) is 0 Å². The molecule has 0 aliphatic heterocycles. The fraction of sp³-hybridized carbons (Fsp3) is 0.571. The lowest BCUT2D eigenvalue weighted by Gasteiger charge is -2.24. The van der Waals surface area contributed by atoms with E-state index >= 15 is 0 Å². The SMILES string of the molecule is CCCCN(CC)c1ccc([C@@H](C)N)c(Br)c1. The van der Waals surface area contributed by atoms with E-state index < -0.39 is 0 Å². The quantitative estimate of drug-likeness (QED) is 0.857. The Kier molecular flexibility index (Phi) is 6.00. The summed E-state index contributed by atoms with van der Waals surface area (Å²) in [5.74, 6) is 0. The highest BCUT2D eigenvalue weighted by Gasteiger charge is 2.09.